The Morgan fingerprint density at radius 3 is 2.48 bits per heavy atom. The van der Waals surface area contributed by atoms with E-state index in [1.807, 2.05) is 0 Å². The van der Waals surface area contributed by atoms with Gasteiger partial charge in [0.2, 0.25) is 10.0 Å². The molecule has 0 aromatic heterocycles. The molecule has 1 aliphatic rings. The van der Waals surface area contributed by atoms with Crippen LogP contribution in [0.4, 0.5) is 0 Å². The fourth-order valence-corrected chi connectivity index (χ4v) is 2.81. The average molecular weight is 310 g/mol. The van der Waals surface area contributed by atoms with Gasteiger partial charge in [0.05, 0.1) is 11.5 Å². The molecule has 0 saturated carbocycles. The van der Waals surface area contributed by atoms with Crippen molar-refractivity contribution in [2.45, 2.75) is 17.4 Å². The average Bonchev–Trinajstić information content (AvgIpc) is 2.40. The maximum atomic E-state index is 12.1. The first-order valence-electron chi connectivity index (χ1n) is 6.38. The molecule has 2 radical (unpaired) electrons. The quantitative estimate of drug-likeness (QED) is 0.607. The molecule has 7 nitrogen and oxygen atoms in total. The van der Waals surface area contributed by atoms with Gasteiger partial charge in [-0.1, -0.05) is 17.6 Å². The highest BCUT2D eigenvalue weighted by Crippen LogP contribution is 2.10. The van der Waals surface area contributed by atoms with E-state index in [0.717, 1.165) is 6.42 Å². The van der Waals surface area contributed by atoms with Crippen molar-refractivity contribution in [1.29, 1.82) is 0 Å². The van der Waals surface area contributed by atoms with Crippen LogP contribution in [-0.4, -0.2) is 58.1 Å². The number of nitrogens with zero attached hydrogens (tertiary/aromatic N) is 1. The second kappa shape index (κ2) is 6.57. The minimum Gasteiger partial charge on any atom is -0.394 e. The molecule has 0 amide bonds. The van der Waals surface area contributed by atoms with E-state index in [-0.39, 0.29) is 4.90 Å². The van der Waals surface area contributed by atoms with Gasteiger partial charge >= 0.3 is 5.97 Å². The maximum Gasteiger partial charge on any atom is 0.345 e. The molecule has 1 aromatic carbocycles. The second-order valence-corrected chi connectivity index (χ2v) is 6.33. The zero-order valence-electron chi connectivity index (χ0n) is 11.2. The molecule has 21 heavy (non-hydrogen) atoms. The summed E-state index contributed by atoms with van der Waals surface area (Å²) in [4.78, 5) is 16.6. The first-order chi connectivity index (χ1) is 9.92. The Balaban J connectivity index is 2.05. The molecule has 1 unspecified atom stereocenters. The van der Waals surface area contributed by atoms with Gasteiger partial charge in [-0.2, -0.15) is 4.72 Å². The minimum atomic E-state index is -3.94. The zero-order chi connectivity index (χ0) is 15.5. The van der Waals surface area contributed by atoms with Crippen molar-refractivity contribution in [1.82, 2.24) is 9.79 Å². The third kappa shape index (κ3) is 4.04. The molecular weight excluding hydrogens is 295 g/mol. The Morgan fingerprint density at radius 2 is 2.00 bits per heavy atom. The van der Waals surface area contributed by atoms with E-state index in [1.165, 1.54) is 29.3 Å². The van der Waals surface area contributed by atoms with Crippen LogP contribution in [0, 0.1) is 0 Å². The fraction of sp³-hybridized carbons (Fsp3) is 0.417. The van der Waals surface area contributed by atoms with Crippen LogP contribution in [0.15, 0.2) is 29.2 Å². The number of hydroxylamine groups is 2. The van der Waals surface area contributed by atoms with Crippen LogP contribution < -0.4 is 10.2 Å². The number of nitrogens with one attached hydrogen (secondary N) is 1. The summed E-state index contributed by atoms with van der Waals surface area (Å²) in [6, 6.07) is 4.13. The van der Waals surface area contributed by atoms with Crippen LogP contribution >= 0.6 is 0 Å². The van der Waals surface area contributed by atoms with Crippen LogP contribution in [0.25, 0.3) is 0 Å². The largest absolute Gasteiger partial charge is 0.394 e. The molecular formula is C12H15BN2O5S. The van der Waals surface area contributed by atoms with Crippen molar-refractivity contribution in [3.8, 4) is 0 Å². The van der Waals surface area contributed by atoms with Gasteiger partial charge in [-0.25, -0.2) is 13.2 Å². The number of carbonyl (C=O) groups excluding carboxylic acids is 1. The lowest BCUT2D eigenvalue weighted by Gasteiger charge is -2.29. The molecule has 1 fully saturated rings. The van der Waals surface area contributed by atoms with E-state index in [9.17, 15) is 18.3 Å². The Bertz CT molecular complexity index is 601. The summed E-state index contributed by atoms with van der Waals surface area (Å²) < 4.78 is 26.3. The van der Waals surface area contributed by atoms with Crippen LogP contribution in [0.1, 0.15) is 6.42 Å². The fourth-order valence-electron chi connectivity index (χ4n) is 1.63. The molecule has 0 aliphatic carbocycles. The first kappa shape index (κ1) is 16.0. The summed E-state index contributed by atoms with van der Waals surface area (Å²) in [5.41, 5.74) is 0.421. The standard InChI is InChI=1S/C12H15BN2O5S/c13-9-2-4-10(5-3-9)21(18,19)14-11(8-16)12(17)20-15-6-1-7-15/h2-5,11,14,16H,1,6-8H2. The number of hydrogen-bond acceptors (Lipinski definition) is 6. The van der Waals surface area contributed by atoms with E-state index < -0.39 is 28.6 Å². The molecule has 2 rings (SSSR count). The van der Waals surface area contributed by atoms with E-state index >= 15 is 0 Å². The van der Waals surface area contributed by atoms with Gasteiger partial charge in [-0.05, 0) is 18.6 Å². The Hall–Kier alpha value is -1.42. The van der Waals surface area contributed by atoms with Gasteiger partial charge in [0.1, 0.15) is 13.9 Å². The summed E-state index contributed by atoms with van der Waals surface area (Å²) in [5.74, 6) is -0.837. The molecule has 9 heteroatoms. The third-order valence-corrected chi connectivity index (χ3v) is 4.48. The molecule has 1 aliphatic heterocycles. The van der Waals surface area contributed by atoms with Crippen molar-refractivity contribution >= 4 is 29.3 Å². The lowest BCUT2D eigenvalue weighted by atomic mass is 9.97. The normalized spacial score (nSPS) is 17.0. The number of sulfonamides is 1. The highest BCUT2D eigenvalue weighted by Gasteiger charge is 2.29. The van der Waals surface area contributed by atoms with E-state index in [0.29, 0.717) is 18.6 Å². The number of rotatable bonds is 6. The molecule has 2 N–H and O–H groups in total. The SMILES string of the molecule is [B]c1ccc(S(=O)(=O)NC(CO)C(=O)ON2CCC2)cc1. The van der Waals surface area contributed by atoms with Gasteiger partial charge < -0.3 is 9.94 Å². The molecule has 1 saturated heterocycles. The van der Waals surface area contributed by atoms with Crippen molar-refractivity contribution < 1.29 is 23.2 Å². The Kier molecular flexibility index (Phi) is 4.99. The molecule has 1 aromatic rings. The topological polar surface area (TPSA) is 95.9 Å². The summed E-state index contributed by atoms with van der Waals surface area (Å²) in [6.45, 7) is 0.518. The van der Waals surface area contributed by atoms with E-state index in [1.54, 1.807) is 0 Å². The monoisotopic (exact) mass is 310 g/mol. The van der Waals surface area contributed by atoms with Gasteiger partial charge in [0, 0.05) is 13.1 Å². The van der Waals surface area contributed by atoms with Gasteiger partial charge in [-0.3, -0.25) is 0 Å². The van der Waals surface area contributed by atoms with E-state index in [2.05, 4.69) is 4.72 Å². The summed E-state index contributed by atoms with van der Waals surface area (Å²) in [6.07, 6.45) is 0.911. The predicted molar refractivity (Wildman–Crippen MR) is 75.3 cm³/mol. The summed E-state index contributed by atoms with van der Waals surface area (Å²) in [5, 5.41) is 10.6. The number of aliphatic hydroxyl groups is 1. The Morgan fingerprint density at radius 1 is 1.38 bits per heavy atom. The molecule has 0 bridgehead atoms. The zero-order valence-corrected chi connectivity index (χ0v) is 12.0. The smallest absolute Gasteiger partial charge is 0.345 e. The van der Waals surface area contributed by atoms with Crippen molar-refractivity contribution in [2.24, 2.45) is 0 Å². The molecule has 1 atom stereocenters. The lowest BCUT2D eigenvalue weighted by Crippen LogP contribution is -2.48. The van der Waals surface area contributed by atoms with Crippen LogP contribution in [0.2, 0.25) is 0 Å². The first-order valence-corrected chi connectivity index (χ1v) is 7.86. The predicted octanol–water partition coefficient (Wildman–Crippen LogP) is -1.72. The van der Waals surface area contributed by atoms with Crippen LogP contribution in [0.5, 0.6) is 0 Å². The highest BCUT2D eigenvalue weighted by molar-refractivity contribution is 7.89. The Labute approximate surface area is 124 Å². The van der Waals surface area contributed by atoms with Crippen molar-refractivity contribution in [3.05, 3.63) is 24.3 Å². The highest BCUT2D eigenvalue weighted by atomic mass is 32.2. The van der Waals surface area contributed by atoms with Gasteiger partial charge in [0.15, 0.2) is 0 Å². The van der Waals surface area contributed by atoms with Gasteiger partial charge in [-0.15, -0.1) is 5.06 Å². The molecule has 112 valence electrons. The minimum absolute atomic E-state index is 0.0492. The summed E-state index contributed by atoms with van der Waals surface area (Å²) in [7, 11) is 1.54. The maximum absolute atomic E-state index is 12.1. The van der Waals surface area contributed by atoms with Gasteiger partial charge in [0.25, 0.3) is 0 Å². The number of aliphatic hydroxyl groups excluding tert-OH is 1. The third-order valence-electron chi connectivity index (χ3n) is 2.99. The van der Waals surface area contributed by atoms with Crippen LogP contribution in [0.3, 0.4) is 0 Å². The van der Waals surface area contributed by atoms with E-state index in [4.69, 9.17) is 12.7 Å². The van der Waals surface area contributed by atoms with Crippen molar-refractivity contribution in [3.63, 3.8) is 0 Å². The van der Waals surface area contributed by atoms with Crippen molar-refractivity contribution in [2.75, 3.05) is 19.7 Å². The molecule has 0 spiro atoms. The molecule has 1 heterocycles. The number of benzene rings is 1. The summed E-state index contributed by atoms with van der Waals surface area (Å²) >= 11 is 0. The number of hydrogen-bond donors (Lipinski definition) is 2. The number of carbonyl (C=O) groups is 1. The lowest BCUT2D eigenvalue weighted by molar-refractivity contribution is -0.210. The second-order valence-electron chi connectivity index (χ2n) is 4.62. The van der Waals surface area contributed by atoms with Crippen LogP contribution in [-0.2, 0) is 19.7 Å².